The predicted octanol–water partition coefficient (Wildman–Crippen LogP) is 2.66. The van der Waals surface area contributed by atoms with Crippen LogP contribution in [0.15, 0.2) is 24.3 Å². The number of rotatable bonds is 4. The van der Waals surface area contributed by atoms with Gasteiger partial charge in [0, 0.05) is 12.3 Å². The zero-order chi connectivity index (χ0) is 12.3. The van der Waals surface area contributed by atoms with Crippen molar-refractivity contribution in [3.8, 4) is 0 Å². The lowest BCUT2D eigenvalue weighted by atomic mass is 9.81. The van der Waals surface area contributed by atoms with E-state index in [1.54, 1.807) is 26.0 Å². The molecule has 16 heavy (non-hydrogen) atoms. The zero-order valence-electron chi connectivity index (χ0n) is 9.83. The Balaban J connectivity index is 3.01. The second-order valence-corrected chi connectivity index (χ2v) is 4.66. The summed E-state index contributed by atoms with van der Waals surface area (Å²) in [5.74, 6) is -0.608. The monoisotopic (exact) mass is 224 g/mol. The van der Waals surface area contributed by atoms with Crippen LogP contribution in [0.2, 0.25) is 0 Å². The van der Waals surface area contributed by atoms with Crippen LogP contribution in [0.4, 0.5) is 4.39 Å². The van der Waals surface area contributed by atoms with Crippen molar-refractivity contribution in [2.24, 2.45) is 0 Å². The molecule has 2 nitrogen and oxygen atoms in total. The summed E-state index contributed by atoms with van der Waals surface area (Å²) in [6, 6.07) is 5.91. The van der Waals surface area contributed by atoms with Crippen LogP contribution in [0, 0.1) is 5.82 Å². The first kappa shape index (κ1) is 12.8. The second-order valence-electron chi connectivity index (χ2n) is 4.66. The largest absolute Gasteiger partial charge is 0.390 e. The van der Waals surface area contributed by atoms with E-state index in [-0.39, 0.29) is 23.9 Å². The Morgan fingerprint density at radius 3 is 2.25 bits per heavy atom. The van der Waals surface area contributed by atoms with E-state index in [2.05, 4.69) is 0 Å². The van der Waals surface area contributed by atoms with Gasteiger partial charge in [0.1, 0.15) is 11.6 Å². The van der Waals surface area contributed by atoms with E-state index in [9.17, 15) is 14.3 Å². The molecular formula is C13H17FO2. The van der Waals surface area contributed by atoms with Gasteiger partial charge in [0.05, 0.1) is 5.60 Å². The van der Waals surface area contributed by atoms with Crippen molar-refractivity contribution in [2.45, 2.75) is 38.7 Å². The molecular weight excluding hydrogens is 207 g/mol. The molecule has 0 heterocycles. The fraction of sp³-hybridized carbons (Fsp3) is 0.462. The van der Waals surface area contributed by atoms with Crippen LogP contribution in [0.3, 0.4) is 0 Å². The molecule has 88 valence electrons. The molecule has 0 saturated heterocycles. The minimum absolute atomic E-state index is 0.0106. The number of hydrogen-bond acceptors (Lipinski definition) is 2. The van der Waals surface area contributed by atoms with E-state index in [0.717, 1.165) is 5.56 Å². The number of ketones is 1. The molecule has 0 radical (unpaired) electrons. The Morgan fingerprint density at radius 1 is 1.38 bits per heavy atom. The number of carbonyl (C=O) groups is 1. The van der Waals surface area contributed by atoms with Crippen LogP contribution >= 0.6 is 0 Å². The third-order valence-corrected chi connectivity index (χ3v) is 2.62. The van der Waals surface area contributed by atoms with E-state index < -0.39 is 5.60 Å². The van der Waals surface area contributed by atoms with Crippen LogP contribution in [0.1, 0.15) is 38.7 Å². The van der Waals surface area contributed by atoms with Crippen LogP contribution in [0.5, 0.6) is 0 Å². The first-order valence-electron chi connectivity index (χ1n) is 5.28. The molecule has 0 amide bonds. The van der Waals surface area contributed by atoms with Gasteiger partial charge in [-0.1, -0.05) is 12.1 Å². The molecule has 3 heteroatoms. The van der Waals surface area contributed by atoms with E-state index >= 15 is 0 Å². The predicted molar refractivity (Wildman–Crippen MR) is 60.7 cm³/mol. The first-order valence-corrected chi connectivity index (χ1v) is 5.28. The maximum Gasteiger partial charge on any atom is 0.130 e. The average Bonchev–Trinajstić information content (AvgIpc) is 2.14. The molecule has 0 unspecified atom stereocenters. The van der Waals surface area contributed by atoms with E-state index in [1.165, 1.54) is 19.1 Å². The summed E-state index contributed by atoms with van der Waals surface area (Å²) in [5.41, 5.74) is -0.215. The van der Waals surface area contributed by atoms with Gasteiger partial charge in [-0.3, -0.25) is 0 Å². The highest BCUT2D eigenvalue weighted by Crippen LogP contribution is 2.31. The van der Waals surface area contributed by atoms with E-state index in [0.29, 0.717) is 0 Å². The molecule has 1 N–H and O–H groups in total. The van der Waals surface area contributed by atoms with Gasteiger partial charge in [-0.15, -0.1) is 0 Å². The van der Waals surface area contributed by atoms with Crippen molar-refractivity contribution in [3.05, 3.63) is 35.6 Å². The summed E-state index contributed by atoms with van der Waals surface area (Å²) in [5, 5.41) is 10.0. The molecule has 1 atom stereocenters. The quantitative estimate of drug-likeness (QED) is 0.853. The average molecular weight is 224 g/mol. The minimum atomic E-state index is -0.997. The Hall–Kier alpha value is -1.22. The number of carbonyl (C=O) groups excluding carboxylic acids is 1. The molecule has 0 aliphatic rings. The topological polar surface area (TPSA) is 37.3 Å². The van der Waals surface area contributed by atoms with Crippen molar-refractivity contribution in [1.29, 1.82) is 0 Å². The zero-order valence-corrected chi connectivity index (χ0v) is 9.83. The molecule has 0 aromatic heterocycles. The Kier molecular flexibility index (Phi) is 3.81. The molecule has 0 saturated carbocycles. The van der Waals surface area contributed by atoms with Gasteiger partial charge in [0.2, 0.25) is 0 Å². The smallest absolute Gasteiger partial charge is 0.130 e. The summed E-state index contributed by atoms with van der Waals surface area (Å²) in [7, 11) is 0. The second kappa shape index (κ2) is 4.74. The van der Waals surface area contributed by atoms with Crippen molar-refractivity contribution < 1.29 is 14.3 Å². The first-order chi connectivity index (χ1) is 7.30. The molecule has 0 bridgehead atoms. The normalized spacial score (nSPS) is 13.6. The SMILES string of the molecule is CC(=O)C[C@H](c1ccc(F)cc1)C(C)(C)O. The molecule has 1 aromatic rings. The van der Waals surface area contributed by atoms with Crippen molar-refractivity contribution in [2.75, 3.05) is 0 Å². The maximum atomic E-state index is 12.8. The lowest BCUT2D eigenvalue weighted by Crippen LogP contribution is -2.30. The number of aliphatic hydroxyl groups is 1. The molecule has 0 spiro atoms. The van der Waals surface area contributed by atoms with E-state index in [4.69, 9.17) is 0 Å². The van der Waals surface area contributed by atoms with Crippen LogP contribution in [0.25, 0.3) is 0 Å². The van der Waals surface area contributed by atoms with Gasteiger partial charge in [-0.2, -0.15) is 0 Å². The fourth-order valence-corrected chi connectivity index (χ4v) is 1.76. The summed E-state index contributed by atoms with van der Waals surface area (Å²) in [6.07, 6.45) is 0.259. The van der Waals surface area contributed by atoms with Gasteiger partial charge >= 0.3 is 0 Å². The van der Waals surface area contributed by atoms with Gasteiger partial charge in [-0.25, -0.2) is 4.39 Å². The number of Topliss-reactive ketones (excluding diaryl/α,β-unsaturated/α-hetero) is 1. The summed E-state index contributed by atoms with van der Waals surface area (Å²) in [6.45, 7) is 4.80. The van der Waals surface area contributed by atoms with Crippen molar-refractivity contribution in [3.63, 3.8) is 0 Å². The highest BCUT2D eigenvalue weighted by Gasteiger charge is 2.29. The van der Waals surface area contributed by atoms with Gasteiger partial charge in [0.25, 0.3) is 0 Å². The Bertz CT molecular complexity index is 363. The summed E-state index contributed by atoms with van der Waals surface area (Å²) in [4.78, 5) is 11.2. The standard InChI is InChI=1S/C13H17FO2/c1-9(15)8-12(13(2,3)16)10-4-6-11(14)7-5-10/h4-7,12,16H,8H2,1-3H3/t12-/m1/s1. The lowest BCUT2D eigenvalue weighted by molar-refractivity contribution is -0.118. The van der Waals surface area contributed by atoms with Crippen molar-refractivity contribution >= 4 is 5.78 Å². The fourth-order valence-electron chi connectivity index (χ4n) is 1.76. The molecule has 0 aliphatic carbocycles. The van der Waals surface area contributed by atoms with Crippen molar-refractivity contribution in [1.82, 2.24) is 0 Å². The van der Waals surface area contributed by atoms with Crippen LogP contribution in [-0.4, -0.2) is 16.5 Å². The van der Waals surface area contributed by atoms with Gasteiger partial charge in [0.15, 0.2) is 0 Å². The summed E-state index contributed by atoms with van der Waals surface area (Å²) < 4.78 is 12.8. The number of benzene rings is 1. The highest BCUT2D eigenvalue weighted by molar-refractivity contribution is 5.76. The third-order valence-electron chi connectivity index (χ3n) is 2.62. The van der Waals surface area contributed by atoms with Gasteiger partial charge in [-0.05, 0) is 38.5 Å². The molecule has 1 aromatic carbocycles. The Morgan fingerprint density at radius 2 is 1.88 bits per heavy atom. The lowest BCUT2D eigenvalue weighted by Gasteiger charge is -2.29. The number of halogens is 1. The number of hydrogen-bond donors (Lipinski definition) is 1. The molecule has 1 rings (SSSR count). The van der Waals surface area contributed by atoms with Crippen LogP contribution < -0.4 is 0 Å². The molecule has 0 fully saturated rings. The van der Waals surface area contributed by atoms with Gasteiger partial charge < -0.3 is 9.90 Å². The maximum absolute atomic E-state index is 12.8. The Labute approximate surface area is 95.1 Å². The summed E-state index contributed by atoms with van der Waals surface area (Å²) >= 11 is 0. The minimum Gasteiger partial charge on any atom is -0.390 e. The highest BCUT2D eigenvalue weighted by atomic mass is 19.1. The third kappa shape index (κ3) is 3.42. The molecule has 0 aliphatic heterocycles. The van der Waals surface area contributed by atoms with E-state index in [1.807, 2.05) is 0 Å². The van der Waals surface area contributed by atoms with Crippen LogP contribution in [-0.2, 0) is 4.79 Å².